The van der Waals surface area contributed by atoms with E-state index in [1.54, 1.807) is 11.3 Å². The number of fused-ring (bicyclic) bond motifs is 1. The number of hydrogen-bond donors (Lipinski definition) is 2. The number of methoxy groups -OCH3 is 1. The number of carbonyl (C=O) groups is 1. The largest absolute Gasteiger partial charge is 0.465 e. The Bertz CT molecular complexity index is 1050. The summed E-state index contributed by atoms with van der Waals surface area (Å²) in [5, 5.41) is 7.47. The average Bonchev–Trinajstić information content (AvgIpc) is 3.30. The van der Waals surface area contributed by atoms with E-state index < -0.39 is 0 Å². The Morgan fingerprint density at radius 3 is 2.59 bits per heavy atom. The number of nitrogens with one attached hydrogen (secondary N) is 2. The quantitative estimate of drug-likeness (QED) is 0.409. The highest BCUT2D eigenvalue weighted by Gasteiger charge is 2.27. The standard InChI is InChI=1S/C22H20N2O3S2/c1-26-21(25)19-15-10-7-13-18(15)29-20(19)24-22(28)23-16-11-5-6-12-17(16)27-14-8-3-2-4-9-14/h2-6,8-9,11-12H,7,10,13H2,1H3,(H2,23,24,28). The number of hydrogen-bond acceptors (Lipinski definition) is 5. The first-order valence-electron chi connectivity index (χ1n) is 9.28. The van der Waals surface area contributed by atoms with Crippen molar-refractivity contribution < 1.29 is 14.3 Å². The fourth-order valence-electron chi connectivity index (χ4n) is 3.34. The minimum absolute atomic E-state index is 0.331. The molecule has 29 heavy (non-hydrogen) atoms. The van der Waals surface area contributed by atoms with Crippen LogP contribution in [0, 0.1) is 0 Å². The van der Waals surface area contributed by atoms with Crippen molar-refractivity contribution in [1.29, 1.82) is 0 Å². The van der Waals surface area contributed by atoms with E-state index in [4.69, 9.17) is 21.7 Å². The smallest absolute Gasteiger partial charge is 0.341 e. The van der Waals surface area contributed by atoms with Gasteiger partial charge in [-0.25, -0.2) is 4.79 Å². The molecule has 0 fully saturated rings. The molecule has 1 heterocycles. The molecule has 5 nitrogen and oxygen atoms in total. The van der Waals surface area contributed by atoms with Gasteiger partial charge in [-0.05, 0) is 61.3 Å². The van der Waals surface area contributed by atoms with E-state index in [0.717, 1.165) is 41.3 Å². The van der Waals surface area contributed by atoms with Gasteiger partial charge in [0.1, 0.15) is 10.8 Å². The van der Waals surface area contributed by atoms with Gasteiger partial charge in [0.2, 0.25) is 0 Å². The summed E-state index contributed by atoms with van der Waals surface area (Å²) in [5.41, 5.74) is 2.42. The molecular formula is C22H20N2O3S2. The molecule has 2 aromatic carbocycles. The zero-order chi connectivity index (χ0) is 20.2. The third-order valence-electron chi connectivity index (χ3n) is 4.64. The van der Waals surface area contributed by atoms with Crippen LogP contribution < -0.4 is 15.4 Å². The Morgan fingerprint density at radius 2 is 1.79 bits per heavy atom. The lowest BCUT2D eigenvalue weighted by atomic mass is 10.1. The first-order chi connectivity index (χ1) is 14.2. The van der Waals surface area contributed by atoms with Crippen LogP contribution in [0.1, 0.15) is 27.2 Å². The Kier molecular flexibility index (Phi) is 5.78. The molecule has 0 spiro atoms. The molecule has 0 saturated carbocycles. The van der Waals surface area contributed by atoms with Crippen LogP contribution in [0.15, 0.2) is 54.6 Å². The molecule has 3 aromatic rings. The number of benzene rings is 2. The lowest BCUT2D eigenvalue weighted by Gasteiger charge is -2.15. The second kappa shape index (κ2) is 8.63. The van der Waals surface area contributed by atoms with Gasteiger partial charge in [-0.3, -0.25) is 0 Å². The number of para-hydroxylation sites is 3. The second-order valence-electron chi connectivity index (χ2n) is 6.54. The molecule has 1 aromatic heterocycles. The molecule has 0 saturated heterocycles. The second-order valence-corrected chi connectivity index (χ2v) is 8.06. The number of carbonyl (C=O) groups excluding carboxylic acids is 1. The van der Waals surface area contributed by atoms with E-state index in [1.165, 1.54) is 12.0 Å². The minimum atomic E-state index is -0.331. The Morgan fingerprint density at radius 1 is 1.03 bits per heavy atom. The molecule has 7 heteroatoms. The van der Waals surface area contributed by atoms with Crippen LogP contribution in [0.5, 0.6) is 11.5 Å². The number of thiocarbonyl (C=S) groups is 1. The maximum atomic E-state index is 12.3. The lowest BCUT2D eigenvalue weighted by Crippen LogP contribution is -2.20. The zero-order valence-electron chi connectivity index (χ0n) is 15.9. The van der Waals surface area contributed by atoms with E-state index in [1.807, 2.05) is 54.6 Å². The summed E-state index contributed by atoms with van der Waals surface area (Å²) in [7, 11) is 1.40. The van der Waals surface area contributed by atoms with Crippen LogP contribution in [-0.4, -0.2) is 18.2 Å². The lowest BCUT2D eigenvalue weighted by molar-refractivity contribution is 0.0601. The Labute approximate surface area is 178 Å². The van der Waals surface area contributed by atoms with Crippen molar-refractivity contribution in [3.05, 3.63) is 70.6 Å². The average molecular weight is 425 g/mol. The van der Waals surface area contributed by atoms with Crippen molar-refractivity contribution >= 4 is 45.3 Å². The fraction of sp³-hybridized carbons (Fsp3) is 0.182. The number of anilines is 2. The molecule has 1 aliphatic carbocycles. The Hall–Kier alpha value is -2.90. The predicted octanol–water partition coefficient (Wildman–Crippen LogP) is 5.62. The molecule has 0 radical (unpaired) electrons. The topological polar surface area (TPSA) is 59.6 Å². The highest BCUT2D eigenvalue weighted by Crippen LogP contribution is 2.39. The Balaban J connectivity index is 1.52. The zero-order valence-corrected chi connectivity index (χ0v) is 17.5. The van der Waals surface area contributed by atoms with Gasteiger partial charge in [0.25, 0.3) is 0 Å². The van der Waals surface area contributed by atoms with E-state index in [9.17, 15) is 4.79 Å². The highest BCUT2D eigenvalue weighted by molar-refractivity contribution is 7.80. The van der Waals surface area contributed by atoms with Gasteiger partial charge in [0.15, 0.2) is 10.9 Å². The van der Waals surface area contributed by atoms with Crippen LogP contribution >= 0.6 is 23.6 Å². The summed E-state index contributed by atoms with van der Waals surface area (Å²) in [6, 6.07) is 17.1. The first-order valence-corrected chi connectivity index (χ1v) is 10.5. The molecule has 0 atom stereocenters. The predicted molar refractivity (Wildman–Crippen MR) is 120 cm³/mol. The molecule has 0 bridgehead atoms. The van der Waals surface area contributed by atoms with Gasteiger partial charge in [-0.2, -0.15) is 0 Å². The molecule has 1 aliphatic rings. The van der Waals surface area contributed by atoms with E-state index in [0.29, 0.717) is 16.4 Å². The minimum Gasteiger partial charge on any atom is -0.465 e. The molecule has 0 aliphatic heterocycles. The number of esters is 1. The van der Waals surface area contributed by atoms with Crippen LogP contribution in [0.4, 0.5) is 10.7 Å². The number of thiophene rings is 1. The monoisotopic (exact) mass is 424 g/mol. The normalized spacial score (nSPS) is 12.2. The molecule has 4 rings (SSSR count). The van der Waals surface area contributed by atoms with E-state index in [2.05, 4.69) is 10.6 Å². The van der Waals surface area contributed by atoms with Gasteiger partial charge in [-0.15, -0.1) is 11.3 Å². The van der Waals surface area contributed by atoms with E-state index in [-0.39, 0.29) is 5.97 Å². The maximum Gasteiger partial charge on any atom is 0.341 e. The van der Waals surface area contributed by atoms with Gasteiger partial charge in [0.05, 0.1) is 18.4 Å². The van der Waals surface area contributed by atoms with Crippen LogP contribution in [0.3, 0.4) is 0 Å². The van der Waals surface area contributed by atoms with Crippen molar-refractivity contribution in [3.63, 3.8) is 0 Å². The molecule has 148 valence electrons. The maximum absolute atomic E-state index is 12.3. The summed E-state index contributed by atoms with van der Waals surface area (Å²) >= 11 is 7.08. The fourth-order valence-corrected chi connectivity index (χ4v) is 4.90. The van der Waals surface area contributed by atoms with Crippen molar-refractivity contribution in [1.82, 2.24) is 0 Å². The third kappa shape index (κ3) is 4.26. The van der Waals surface area contributed by atoms with Gasteiger partial charge in [0, 0.05) is 4.88 Å². The van der Waals surface area contributed by atoms with Crippen molar-refractivity contribution in [2.24, 2.45) is 0 Å². The van der Waals surface area contributed by atoms with Crippen LogP contribution in [0.2, 0.25) is 0 Å². The summed E-state index contributed by atoms with van der Waals surface area (Å²) in [6.45, 7) is 0. The van der Waals surface area contributed by atoms with Crippen LogP contribution in [0.25, 0.3) is 0 Å². The van der Waals surface area contributed by atoms with E-state index >= 15 is 0 Å². The number of ether oxygens (including phenoxy) is 2. The van der Waals surface area contributed by atoms with Gasteiger partial charge in [-0.1, -0.05) is 30.3 Å². The summed E-state index contributed by atoms with van der Waals surface area (Å²) in [5.74, 6) is 1.07. The molecule has 0 unspecified atom stereocenters. The van der Waals surface area contributed by atoms with Crippen LogP contribution in [-0.2, 0) is 17.6 Å². The summed E-state index contributed by atoms with van der Waals surface area (Å²) < 4.78 is 11.0. The van der Waals surface area contributed by atoms with Gasteiger partial charge < -0.3 is 20.1 Å². The van der Waals surface area contributed by atoms with Crippen molar-refractivity contribution in [2.45, 2.75) is 19.3 Å². The molecular weight excluding hydrogens is 404 g/mol. The SMILES string of the molecule is COC(=O)c1c(NC(=S)Nc2ccccc2Oc2ccccc2)sc2c1CCC2. The number of rotatable bonds is 5. The summed E-state index contributed by atoms with van der Waals surface area (Å²) in [4.78, 5) is 13.5. The molecule has 2 N–H and O–H groups in total. The molecule has 0 amide bonds. The first kappa shape index (κ1) is 19.4. The summed E-state index contributed by atoms with van der Waals surface area (Å²) in [6.07, 6.45) is 2.95. The van der Waals surface area contributed by atoms with Crippen molar-refractivity contribution in [2.75, 3.05) is 17.7 Å². The van der Waals surface area contributed by atoms with Gasteiger partial charge >= 0.3 is 5.97 Å². The number of aryl methyl sites for hydroxylation is 1. The van der Waals surface area contributed by atoms with Crippen molar-refractivity contribution in [3.8, 4) is 11.5 Å². The third-order valence-corrected chi connectivity index (χ3v) is 6.06. The highest BCUT2D eigenvalue weighted by atomic mass is 32.1.